The number of nitrogens with one attached hydrogen (secondary N) is 1. The van der Waals surface area contributed by atoms with Crippen molar-refractivity contribution in [1.82, 2.24) is 14.2 Å². The van der Waals surface area contributed by atoms with Crippen molar-refractivity contribution in [3.05, 3.63) is 128 Å². The van der Waals surface area contributed by atoms with Crippen LogP contribution in [0.3, 0.4) is 0 Å². The molecule has 2 saturated heterocycles. The Morgan fingerprint density at radius 1 is 0.945 bits per heavy atom. The highest BCUT2D eigenvalue weighted by Crippen LogP contribution is 2.56. The Morgan fingerprint density at radius 2 is 1.53 bits per heavy atom. The zero-order valence-corrected chi connectivity index (χ0v) is 33.2. The quantitative estimate of drug-likeness (QED) is 0.0744. The molecule has 14 heteroatoms. The molecule has 3 heterocycles. The molecule has 2 aliphatic rings. The SMILES string of the molecule is COc1ccc(C(OC[C@]23CO[C@H]([C@H](n4cc(C)c(=O)[nH]c4=O)O2)[C@@H]3OP(OCCC#N)N(C(C)C)C(C)C)(c2ccccc2)c2ccc(OC)cc2)cc1. The van der Waals surface area contributed by atoms with Gasteiger partial charge in [-0.25, -0.2) is 9.46 Å². The number of nitriles is 1. The molecule has 2 fully saturated rings. The van der Waals surface area contributed by atoms with E-state index in [0.717, 1.165) is 16.7 Å². The summed E-state index contributed by atoms with van der Waals surface area (Å²) < 4.78 is 48.7. The standard InChI is InChI=1S/C41H49N4O9P/c1-27(2)45(28(3)4)55(52-23-11-22-42)54-36-35-38(44-24-29(5)37(46)43-39(44)47)53-40(36,25-50-35)26-51-41(30-12-9-8-10-13-30,31-14-18-33(48-6)19-15-31)32-16-20-34(49-7)21-17-32/h8-10,12-21,24,27-28,35-36,38H,11,23,25-26H2,1-7H3,(H,43,46,47)/t35-,36-,38+,40-,55?/m0/s1. The average molecular weight is 773 g/mol. The molecule has 2 aliphatic heterocycles. The van der Waals surface area contributed by atoms with Crippen molar-refractivity contribution in [2.75, 3.05) is 34.0 Å². The predicted molar refractivity (Wildman–Crippen MR) is 207 cm³/mol. The lowest BCUT2D eigenvalue weighted by Gasteiger charge is -2.41. The van der Waals surface area contributed by atoms with Gasteiger partial charge < -0.3 is 32.7 Å². The van der Waals surface area contributed by atoms with E-state index in [9.17, 15) is 14.9 Å². The molecule has 6 rings (SSSR count). The number of hydrogen-bond donors (Lipinski definition) is 1. The lowest BCUT2D eigenvalue weighted by molar-refractivity contribution is -0.203. The van der Waals surface area contributed by atoms with Crippen molar-refractivity contribution >= 4 is 8.53 Å². The minimum absolute atomic E-state index is 0.0254. The second kappa shape index (κ2) is 17.2. The zero-order valence-electron chi connectivity index (χ0n) is 32.3. The minimum Gasteiger partial charge on any atom is -0.497 e. The maximum absolute atomic E-state index is 13.3. The van der Waals surface area contributed by atoms with Gasteiger partial charge in [-0.05, 0) is 75.6 Å². The number of benzene rings is 3. The van der Waals surface area contributed by atoms with Gasteiger partial charge in [0.05, 0.1) is 46.5 Å². The second-order valence-corrected chi connectivity index (χ2v) is 15.6. The zero-order chi connectivity index (χ0) is 39.3. The molecular weight excluding hydrogens is 723 g/mol. The van der Waals surface area contributed by atoms with Gasteiger partial charge in [0.15, 0.2) is 6.23 Å². The highest BCUT2D eigenvalue weighted by atomic mass is 31.2. The number of nitrogens with zero attached hydrogens (tertiary/aromatic N) is 3. The molecule has 4 aromatic rings. The molecule has 13 nitrogen and oxygen atoms in total. The lowest BCUT2D eigenvalue weighted by atomic mass is 9.79. The number of aromatic nitrogens is 2. The Morgan fingerprint density at radius 3 is 2.07 bits per heavy atom. The van der Waals surface area contributed by atoms with Gasteiger partial charge in [0.1, 0.15) is 34.9 Å². The molecule has 0 spiro atoms. The van der Waals surface area contributed by atoms with Crippen molar-refractivity contribution in [3.8, 4) is 17.6 Å². The number of hydrogen-bond acceptors (Lipinski definition) is 11. The van der Waals surface area contributed by atoms with Gasteiger partial charge in [0, 0.05) is 23.8 Å². The number of rotatable bonds is 17. The molecule has 1 unspecified atom stereocenters. The molecule has 55 heavy (non-hydrogen) atoms. The lowest BCUT2D eigenvalue weighted by Crippen LogP contribution is -2.49. The highest BCUT2D eigenvalue weighted by molar-refractivity contribution is 7.44. The van der Waals surface area contributed by atoms with Crippen LogP contribution >= 0.6 is 8.53 Å². The van der Waals surface area contributed by atoms with Crippen LogP contribution in [0.25, 0.3) is 0 Å². The summed E-state index contributed by atoms with van der Waals surface area (Å²) >= 11 is 0. The predicted octanol–water partition coefficient (Wildman–Crippen LogP) is 6.20. The van der Waals surface area contributed by atoms with Gasteiger partial charge >= 0.3 is 5.69 Å². The van der Waals surface area contributed by atoms with Crippen LogP contribution < -0.4 is 20.7 Å². The number of fused-ring (bicyclic) bond motifs is 2. The number of methoxy groups -OCH3 is 2. The third-order valence-electron chi connectivity index (χ3n) is 9.97. The van der Waals surface area contributed by atoms with Gasteiger partial charge in [0.2, 0.25) is 0 Å². The first-order chi connectivity index (χ1) is 26.5. The summed E-state index contributed by atoms with van der Waals surface area (Å²) in [6.07, 6.45) is -0.901. The van der Waals surface area contributed by atoms with Gasteiger partial charge in [-0.2, -0.15) is 5.26 Å². The van der Waals surface area contributed by atoms with E-state index >= 15 is 0 Å². The third-order valence-corrected chi connectivity index (χ3v) is 12.1. The summed E-state index contributed by atoms with van der Waals surface area (Å²) in [6, 6.07) is 27.6. The Hall–Kier alpha value is -4.38. The first-order valence-electron chi connectivity index (χ1n) is 18.3. The normalized spacial score (nSPS) is 21.3. The van der Waals surface area contributed by atoms with E-state index in [2.05, 4.69) is 43.4 Å². The van der Waals surface area contributed by atoms with Crippen LogP contribution in [-0.2, 0) is 28.9 Å². The molecule has 0 aliphatic carbocycles. The Kier molecular flexibility index (Phi) is 12.6. The van der Waals surface area contributed by atoms with E-state index in [4.69, 9.17) is 32.7 Å². The van der Waals surface area contributed by atoms with E-state index in [1.807, 2.05) is 78.9 Å². The first-order valence-corrected chi connectivity index (χ1v) is 19.5. The van der Waals surface area contributed by atoms with Crippen LogP contribution in [0.15, 0.2) is 94.6 Å². The summed E-state index contributed by atoms with van der Waals surface area (Å²) in [5.41, 5.74) is -0.751. The van der Waals surface area contributed by atoms with Crippen molar-refractivity contribution in [2.45, 2.75) is 82.8 Å². The van der Waals surface area contributed by atoms with Crippen LogP contribution in [0, 0.1) is 18.3 Å². The Labute approximate surface area is 322 Å². The summed E-state index contributed by atoms with van der Waals surface area (Å²) in [4.78, 5) is 28.2. The van der Waals surface area contributed by atoms with E-state index in [1.54, 1.807) is 21.1 Å². The molecule has 0 radical (unpaired) electrons. The summed E-state index contributed by atoms with van der Waals surface area (Å²) in [6.45, 7) is 10.1. The fraction of sp³-hybridized carbons (Fsp3) is 0.439. The molecule has 292 valence electrons. The van der Waals surface area contributed by atoms with Crippen LogP contribution in [0.1, 0.15) is 62.6 Å². The van der Waals surface area contributed by atoms with Gasteiger partial charge in [-0.15, -0.1) is 0 Å². The monoisotopic (exact) mass is 772 g/mol. The molecule has 2 bridgehead atoms. The fourth-order valence-corrected chi connectivity index (χ4v) is 9.16. The van der Waals surface area contributed by atoms with Crippen molar-refractivity contribution < 1.29 is 32.7 Å². The largest absolute Gasteiger partial charge is 0.497 e. The van der Waals surface area contributed by atoms with E-state index in [-0.39, 0.29) is 38.3 Å². The van der Waals surface area contributed by atoms with Crippen LogP contribution in [0.5, 0.6) is 11.5 Å². The molecule has 5 atom stereocenters. The van der Waals surface area contributed by atoms with Crippen LogP contribution in [0.2, 0.25) is 0 Å². The number of aromatic amines is 1. The molecule has 3 aromatic carbocycles. The second-order valence-electron chi connectivity index (χ2n) is 14.2. The van der Waals surface area contributed by atoms with E-state index < -0.39 is 49.4 Å². The highest BCUT2D eigenvalue weighted by Gasteiger charge is 2.65. The average Bonchev–Trinajstić information content (AvgIpc) is 3.68. The smallest absolute Gasteiger partial charge is 0.330 e. The first kappa shape index (κ1) is 40.3. The van der Waals surface area contributed by atoms with Crippen molar-refractivity contribution in [2.24, 2.45) is 0 Å². The van der Waals surface area contributed by atoms with E-state index in [0.29, 0.717) is 17.1 Å². The van der Waals surface area contributed by atoms with Crippen molar-refractivity contribution in [1.29, 1.82) is 5.26 Å². The fourth-order valence-electron chi connectivity index (χ4n) is 7.35. The maximum atomic E-state index is 13.3. The summed E-state index contributed by atoms with van der Waals surface area (Å²) in [5.74, 6) is 1.38. The molecular formula is C41H49N4O9P. The minimum atomic E-state index is -1.77. The Balaban J connectivity index is 1.49. The third kappa shape index (κ3) is 8.00. The van der Waals surface area contributed by atoms with Crippen LogP contribution in [0.4, 0.5) is 0 Å². The number of aryl methyl sites for hydroxylation is 1. The van der Waals surface area contributed by atoms with Gasteiger partial charge in [0.25, 0.3) is 14.1 Å². The number of H-pyrrole nitrogens is 1. The van der Waals surface area contributed by atoms with E-state index in [1.165, 1.54) is 10.8 Å². The molecule has 1 aromatic heterocycles. The Bertz CT molecular complexity index is 1990. The molecule has 0 amide bonds. The summed E-state index contributed by atoms with van der Waals surface area (Å²) in [5, 5.41) is 9.37. The topological polar surface area (TPSA) is 147 Å². The van der Waals surface area contributed by atoms with Gasteiger partial charge in [-0.3, -0.25) is 14.3 Å². The molecule has 0 saturated carbocycles. The van der Waals surface area contributed by atoms with Gasteiger partial charge in [-0.1, -0.05) is 54.6 Å². The summed E-state index contributed by atoms with van der Waals surface area (Å²) in [7, 11) is 1.48. The molecule has 1 N–H and O–H groups in total. The van der Waals surface area contributed by atoms with Crippen LogP contribution in [-0.4, -0.2) is 78.2 Å². The number of ether oxygens (including phenoxy) is 5. The van der Waals surface area contributed by atoms with Crippen molar-refractivity contribution in [3.63, 3.8) is 0 Å². The maximum Gasteiger partial charge on any atom is 0.330 e.